The number of Topliss-reactive ketones (excluding diaryl/α,β-unsaturated/α-hetero) is 2. The Morgan fingerprint density at radius 1 is 1.26 bits per heavy atom. The van der Waals surface area contributed by atoms with Gasteiger partial charge >= 0.3 is 6.09 Å². The zero-order chi connectivity index (χ0) is 20.1. The molecule has 1 aromatic rings. The molecule has 146 valence electrons. The summed E-state index contributed by atoms with van der Waals surface area (Å²) in [5, 5.41) is 2.58. The number of benzene rings is 1. The third-order valence-corrected chi connectivity index (χ3v) is 4.54. The van der Waals surface area contributed by atoms with Gasteiger partial charge in [-0.3, -0.25) is 14.9 Å². The van der Waals surface area contributed by atoms with Gasteiger partial charge in [0.1, 0.15) is 5.57 Å². The van der Waals surface area contributed by atoms with E-state index in [4.69, 9.17) is 32.7 Å². The topological polar surface area (TPSA) is 81.7 Å². The molecule has 1 amide bonds. The number of rotatable bonds is 8. The first-order valence-electron chi connectivity index (χ1n) is 8.62. The molecule has 0 aliphatic heterocycles. The fourth-order valence-electron chi connectivity index (χ4n) is 2.31. The van der Waals surface area contributed by atoms with Crippen molar-refractivity contribution in [2.75, 3.05) is 11.9 Å². The van der Waals surface area contributed by atoms with Crippen LogP contribution < -0.4 is 5.32 Å². The highest BCUT2D eigenvalue weighted by molar-refractivity contribution is 6.45. The van der Waals surface area contributed by atoms with Crippen molar-refractivity contribution in [2.24, 2.45) is 5.92 Å². The van der Waals surface area contributed by atoms with Gasteiger partial charge in [0.25, 0.3) is 0 Å². The van der Waals surface area contributed by atoms with E-state index in [1.807, 2.05) is 0 Å². The van der Waals surface area contributed by atoms with E-state index in [1.54, 1.807) is 20.8 Å². The summed E-state index contributed by atoms with van der Waals surface area (Å²) >= 11 is 12.2. The number of carbonyl (C=O) groups is 3. The lowest BCUT2D eigenvalue weighted by atomic mass is 9.97. The molecule has 1 aliphatic carbocycles. The molecule has 8 heteroatoms. The van der Waals surface area contributed by atoms with Gasteiger partial charge in [0, 0.05) is 11.5 Å². The summed E-state index contributed by atoms with van der Waals surface area (Å²) in [5.74, 6) is -1.06. The van der Waals surface area contributed by atoms with Crippen molar-refractivity contribution in [1.29, 1.82) is 0 Å². The number of ether oxygens (including phenoxy) is 2. The Balaban J connectivity index is 2.42. The normalized spacial score (nSPS) is 14.1. The SMILES string of the molecule is CCO/C=C(\C(=O)c1ccc(Cl)c(Cl)c1NC(=O)OC(C)C)C(=O)C1CC1. The predicted molar refractivity (Wildman–Crippen MR) is 103 cm³/mol. The number of nitrogens with one attached hydrogen (secondary N) is 1. The van der Waals surface area contributed by atoms with Gasteiger partial charge < -0.3 is 9.47 Å². The minimum absolute atomic E-state index is 0.00851. The van der Waals surface area contributed by atoms with Crippen molar-refractivity contribution in [3.05, 3.63) is 39.6 Å². The molecule has 0 unspecified atom stereocenters. The summed E-state index contributed by atoms with van der Waals surface area (Å²) in [6.07, 6.45) is 1.49. The van der Waals surface area contributed by atoms with Gasteiger partial charge in [-0.15, -0.1) is 0 Å². The lowest BCUT2D eigenvalue weighted by Crippen LogP contribution is -2.22. The second kappa shape index (κ2) is 9.24. The first kappa shape index (κ1) is 21.3. The monoisotopic (exact) mass is 413 g/mol. The Morgan fingerprint density at radius 2 is 1.93 bits per heavy atom. The van der Waals surface area contributed by atoms with Crippen molar-refractivity contribution < 1.29 is 23.9 Å². The molecule has 0 heterocycles. The first-order chi connectivity index (χ1) is 12.8. The molecule has 1 saturated carbocycles. The summed E-state index contributed by atoms with van der Waals surface area (Å²) < 4.78 is 10.2. The molecular weight excluding hydrogens is 393 g/mol. The molecule has 1 aromatic carbocycles. The zero-order valence-corrected chi connectivity index (χ0v) is 16.8. The Kier molecular flexibility index (Phi) is 7.27. The van der Waals surface area contributed by atoms with E-state index >= 15 is 0 Å². The highest BCUT2D eigenvalue weighted by Crippen LogP contribution is 2.37. The number of ketones is 2. The molecule has 0 aromatic heterocycles. The van der Waals surface area contributed by atoms with E-state index in [-0.39, 0.29) is 44.7 Å². The van der Waals surface area contributed by atoms with Crippen LogP contribution in [0.1, 0.15) is 44.0 Å². The number of allylic oxidation sites excluding steroid dienone is 1. The summed E-state index contributed by atoms with van der Waals surface area (Å²) in [5.41, 5.74) is -0.0612. The molecule has 2 rings (SSSR count). The summed E-state index contributed by atoms with van der Waals surface area (Å²) in [6.45, 7) is 5.42. The van der Waals surface area contributed by atoms with Crippen LogP contribution in [0.3, 0.4) is 0 Å². The van der Waals surface area contributed by atoms with E-state index in [2.05, 4.69) is 5.32 Å². The van der Waals surface area contributed by atoms with Crippen LogP contribution in [0.4, 0.5) is 10.5 Å². The largest absolute Gasteiger partial charge is 0.501 e. The second-order valence-corrected chi connectivity index (χ2v) is 7.10. The minimum Gasteiger partial charge on any atom is -0.501 e. The number of halogens is 2. The summed E-state index contributed by atoms with van der Waals surface area (Å²) in [6, 6.07) is 2.83. The van der Waals surface area contributed by atoms with Crippen LogP contribution in [0, 0.1) is 5.92 Å². The van der Waals surface area contributed by atoms with Crippen molar-refractivity contribution in [3.63, 3.8) is 0 Å². The van der Waals surface area contributed by atoms with E-state index in [0.717, 1.165) is 12.8 Å². The second-order valence-electron chi connectivity index (χ2n) is 6.32. The number of amides is 1. The molecule has 6 nitrogen and oxygen atoms in total. The predicted octanol–water partition coefficient (Wildman–Crippen LogP) is 5.03. The van der Waals surface area contributed by atoms with Crippen molar-refractivity contribution in [2.45, 2.75) is 39.7 Å². The lowest BCUT2D eigenvalue weighted by Gasteiger charge is -2.15. The van der Waals surface area contributed by atoms with Crippen LogP contribution in [-0.4, -0.2) is 30.4 Å². The number of hydrogen-bond acceptors (Lipinski definition) is 5. The van der Waals surface area contributed by atoms with Crippen molar-refractivity contribution >= 4 is 46.5 Å². The molecule has 0 radical (unpaired) electrons. The van der Waals surface area contributed by atoms with Crippen LogP contribution in [0.2, 0.25) is 10.0 Å². The van der Waals surface area contributed by atoms with E-state index in [1.165, 1.54) is 18.4 Å². The van der Waals surface area contributed by atoms with E-state index in [9.17, 15) is 14.4 Å². The van der Waals surface area contributed by atoms with Gasteiger partial charge in [-0.1, -0.05) is 23.2 Å². The van der Waals surface area contributed by atoms with Crippen molar-refractivity contribution in [1.82, 2.24) is 0 Å². The third-order valence-electron chi connectivity index (χ3n) is 3.74. The Bertz CT molecular complexity index is 785. The van der Waals surface area contributed by atoms with Crippen molar-refractivity contribution in [3.8, 4) is 0 Å². The highest BCUT2D eigenvalue weighted by atomic mass is 35.5. The molecule has 1 aliphatic rings. The van der Waals surface area contributed by atoms with Gasteiger partial charge in [0.05, 0.1) is 34.7 Å². The average Bonchev–Trinajstić information content (AvgIpc) is 3.43. The number of hydrogen-bond donors (Lipinski definition) is 1. The number of carbonyl (C=O) groups excluding carboxylic acids is 3. The van der Waals surface area contributed by atoms with Gasteiger partial charge in [-0.2, -0.15) is 0 Å². The van der Waals surface area contributed by atoms with E-state index < -0.39 is 11.9 Å². The molecule has 0 bridgehead atoms. The van der Waals surface area contributed by atoms with Gasteiger partial charge in [-0.05, 0) is 45.7 Å². The summed E-state index contributed by atoms with van der Waals surface area (Å²) in [4.78, 5) is 37.6. The Hall–Kier alpha value is -2.05. The van der Waals surface area contributed by atoms with Gasteiger partial charge in [0.2, 0.25) is 5.78 Å². The number of anilines is 1. The molecule has 0 spiro atoms. The van der Waals surface area contributed by atoms with Crippen LogP contribution in [-0.2, 0) is 14.3 Å². The maximum absolute atomic E-state index is 13.0. The van der Waals surface area contributed by atoms with Crippen LogP contribution in [0.5, 0.6) is 0 Å². The minimum atomic E-state index is -0.785. The van der Waals surface area contributed by atoms with E-state index in [0.29, 0.717) is 6.61 Å². The smallest absolute Gasteiger partial charge is 0.411 e. The highest BCUT2D eigenvalue weighted by Gasteiger charge is 2.36. The molecule has 1 fully saturated rings. The first-order valence-corrected chi connectivity index (χ1v) is 9.38. The van der Waals surface area contributed by atoms with Crippen LogP contribution >= 0.6 is 23.2 Å². The molecular formula is C19H21Cl2NO5. The maximum Gasteiger partial charge on any atom is 0.411 e. The van der Waals surface area contributed by atoms with Gasteiger partial charge in [-0.25, -0.2) is 4.79 Å². The van der Waals surface area contributed by atoms with Crippen LogP contribution in [0.15, 0.2) is 24.0 Å². The quantitative estimate of drug-likeness (QED) is 0.212. The standard InChI is InChI=1S/C19H21Cl2NO5/c1-4-26-9-13(17(23)11-5-6-11)18(24)12-7-8-14(20)15(21)16(12)22-19(25)27-10(2)3/h7-11H,4-6H2,1-3H3,(H,22,25)/b13-9-. The Labute approximate surface area is 167 Å². The fourth-order valence-corrected chi connectivity index (χ4v) is 2.68. The summed E-state index contributed by atoms with van der Waals surface area (Å²) in [7, 11) is 0. The van der Waals surface area contributed by atoms with Gasteiger partial charge in [0.15, 0.2) is 5.78 Å². The third kappa shape index (κ3) is 5.47. The molecule has 1 N–H and O–H groups in total. The maximum atomic E-state index is 13.0. The zero-order valence-electron chi connectivity index (χ0n) is 15.3. The molecule has 0 atom stereocenters. The lowest BCUT2D eigenvalue weighted by molar-refractivity contribution is -0.116. The average molecular weight is 414 g/mol. The van der Waals surface area contributed by atoms with Crippen LogP contribution in [0.25, 0.3) is 0 Å². The molecule has 0 saturated heterocycles. The fraction of sp³-hybridized carbons (Fsp3) is 0.421. The molecule has 27 heavy (non-hydrogen) atoms. The Morgan fingerprint density at radius 3 is 2.48 bits per heavy atom.